The molecule has 0 amide bonds. The Morgan fingerprint density at radius 2 is 2.11 bits per heavy atom. The largest absolute Gasteiger partial charge is 0.476 e. The molecule has 1 aromatic rings. The molecule has 0 aliphatic heterocycles. The first-order valence-corrected chi connectivity index (χ1v) is 6.47. The Hall–Kier alpha value is -1.53. The van der Waals surface area contributed by atoms with Crippen molar-refractivity contribution in [3.05, 3.63) is 12.1 Å². The minimum atomic E-state index is 0.476. The lowest BCUT2D eigenvalue weighted by Crippen LogP contribution is -2.10. The van der Waals surface area contributed by atoms with Gasteiger partial charge in [0.05, 0.1) is 25.5 Å². The van der Waals surface area contributed by atoms with E-state index in [4.69, 9.17) is 19.9 Å². The third kappa shape index (κ3) is 6.26. The van der Waals surface area contributed by atoms with Crippen LogP contribution in [0.25, 0.3) is 0 Å². The first-order chi connectivity index (χ1) is 9.27. The SMILES string of the molecule is CCOc1nc(NCCCOCCOC)ccc1N. The van der Waals surface area contributed by atoms with Crippen molar-refractivity contribution in [2.24, 2.45) is 0 Å². The molecule has 0 fully saturated rings. The number of pyridine rings is 1. The highest BCUT2D eigenvalue weighted by atomic mass is 16.5. The lowest BCUT2D eigenvalue weighted by molar-refractivity contribution is 0.0705. The van der Waals surface area contributed by atoms with Crippen LogP contribution in [0.4, 0.5) is 11.5 Å². The number of rotatable bonds is 10. The fraction of sp³-hybridized carbons (Fsp3) is 0.615. The highest BCUT2D eigenvalue weighted by Crippen LogP contribution is 2.20. The van der Waals surface area contributed by atoms with Crippen molar-refractivity contribution >= 4 is 11.5 Å². The molecule has 19 heavy (non-hydrogen) atoms. The molecule has 3 N–H and O–H groups in total. The first-order valence-electron chi connectivity index (χ1n) is 6.47. The number of ether oxygens (including phenoxy) is 3. The van der Waals surface area contributed by atoms with Crippen LogP contribution in [0, 0.1) is 0 Å². The van der Waals surface area contributed by atoms with Gasteiger partial charge in [0.2, 0.25) is 5.88 Å². The van der Waals surface area contributed by atoms with Crippen LogP contribution >= 0.6 is 0 Å². The second kappa shape index (κ2) is 9.41. The molecule has 1 rings (SSSR count). The van der Waals surface area contributed by atoms with Crippen LogP contribution in [-0.4, -0.2) is 45.1 Å². The number of nitrogens with zero attached hydrogens (tertiary/aromatic N) is 1. The van der Waals surface area contributed by atoms with Gasteiger partial charge in [-0.05, 0) is 25.5 Å². The van der Waals surface area contributed by atoms with Gasteiger partial charge in [-0.2, -0.15) is 4.98 Å². The van der Waals surface area contributed by atoms with Crippen LogP contribution in [0.2, 0.25) is 0 Å². The Morgan fingerprint density at radius 1 is 1.26 bits per heavy atom. The van der Waals surface area contributed by atoms with Gasteiger partial charge in [0.25, 0.3) is 0 Å². The summed E-state index contributed by atoms with van der Waals surface area (Å²) in [6.07, 6.45) is 0.903. The predicted molar refractivity (Wildman–Crippen MR) is 75.6 cm³/mol. The van der Waals surface area contributed by atoms with Crippen LogP contribution in [0.1, 0.15) is 13.3 Å². The molecule has 0 bridgehead atoms. The number of hydrogen-bond donors (Lipinski definition) is 2. The number of aromatic nitrogens is 1. The summed E-state index contributed by atoms with van der Waals surface area (Å²) >= 11 is 0. The number of anilines is 2. The second-order valence-electron chi connectivity index (χ2n) is 3.91. The van der Waals surface area contributed by atoms with E-state index in [9.17, 15) is 0 Å². The molecule has 0 aliphatic carbocycles. The van der Waals surface area contributed by atoms with Crippen molar-refractivity contribution in [3.63, 3.8) is 0 Å². The molecule has 6 nitrogen and oxygen atoms in total. The Bertz CT molecular complexity index is 361. The Balaban J connectivity index is 2.23. The zero-order valence-corrected chi connectivity index (χ0v) is 11.6. The second-order valence-corrected chi connectivity index (χ2v) is 3.91. The van der Waals surface area contributed by atoms with Gasteiger partial charge in [0, 0.05) is 20.3 Å². The molecule has 108 valence electrons. The van der Waals surface area contributed by atoms with Gasteiger partial charge in [-0.1, -0.05) is 0 Å². The summed E-state index contributed by atoms with van der Waals surface area (Å²) in [5.74, 6) is 1.23. The maximum Gasteiger partial charge on any atom is 0.239 e. The highest BCUT2D eigenvalue weighted by molar-refractivity contribution is 5.53. The van der Waals surface area contributed by atoms with E-state index >= 15 is 0 Å². The normalized spacial score (nSPS) is 10.4. The van der Waals surface area contributed by atoms with Gasteiger partial charge >= 0.3 is 0 Å². The van der Waals surface area contributed by atoms with E-state index in [0.717, 1.165) is 18.8 Å². The monoisotopic (exact) mass is 269 g/mol. The first kappa shape index (κ1) is 15.5. The fourth-order valence-corrected chi connectivity index (χ4v) is 1.44. The molecule has 6 heteroatoms. The van der Waals surface area contributed by atoms with Crippen molar-refractivity contribution in [2.75, 3.05) is 51.1 Å². The topological polar surface area (TPSA) is 78.6 Å². The number of nitrogens with one attached hydrogen (secondary N) is 1. The van der Waals surface area contributed by atoms with Gasteiger partial charge in [0.15, 0.2) is 0 Å². The van der Waals surface area contributed by atoms with E-state index in [0.29, 0.717) is 38.0 Å². The van der Waals surface area contributed by atoms with E-state index in [1.54, 1.807) is 13.2 Å². The van der Waals surface area contributed by atoms with Crippen LogP contribution in [0.15, 0.2) is 12.1 Å². The van der Waals surface area contributed by atoms with E-state index in [1.165, 1.54) is 0 Å². The standard InChI is InChI=1S/C13H23N3O3/c1-3-19-13-11(14)5-6-12(16-13)15-7-4-8-18-10-9-17-2/h5-6H,3-4,7-10,14H2,1-2H3,(H,15,16). The Morgan fingerprint density at radius 3 is 2.84 bits per heavy atom. The summed E-state index contributed by atoms with van der Waals surface area (Å²) in [6, 6.07) is 3.62. The summed E-state index contributed by atoms with van der Waals surface area (Å²) in [4.78, 5) is 4.29. The number of nitrogen functional groups attached to an aromatic ring is 1. The van der Waals surface area contributed by atoms with Gasteiger partial charge in [-0.15, -0.1) is 0 Å². The fourth-order valence-electron chi connectivity index (χ4n) is 1.44. The van der Waals surface area contributed by atoms with Crippen molar-refractivity contribution in [1.29, 1.82) is 0 Å². The molecule has 0 spiro atoms. The van der Waals surface area contributed by atoms with Gasteiger partial charge in [-0.3, -0.25) is 0 Å². The molecular formula is C13H23N3O3. The summed E-state index contributed by atoms with van der Waals surface area (Å²) in [5.41, 5.74) is 6.30. The average Bonchev–Trinajstić information content (AvgIpc) is 2.41. The van der Waals surface area contributed by atoms with E-state index in [1.807, 2.05) is 13.0 Å². The maximum absolute atomic E-state index is 5.75. The van der Waals surface area contributed by atoms with E-state index in [2.05, 4.69) is 10.3 Å². The quantitative estimate of drug-likeness (QED) is 0.627. The number of nitrogens with two attached hydrogens (primary N) is 1. The summed E-state index contributed by atoms with van der Waals surface area (Å²) in [5, 5.41) is 3.20. The van der Waals surface area contributed by atoms with Crippen LogP contribution < -0.4 is 15.8 Å². The molecule has 0 atom stereocenters. The minimum absolute atomic E-state index is 0.476. The van der Waals surface area contributed by atoms with Gasteiger partial charge in [0.1, 0.15) is 5.82 Å². The minimum Gasteiger partial charge on any atom is -0.476 e. The molecule has 0 unspecified atom stereocenters. The van der Waals surface area contributed by atoms with Crippen LogP contribution in [0.5, 0.6) is 5.88 Å². The van der Waals surface area contributed by atoms with Crippen LogP contribution in [0.3, 0.4) is 0 Å². The third-order valence-corrected chi connectivity index (χ3v) is 2.37. The third-order valence-electron chi connectivity index (χ3n) is 2.37. The molecule has 0 radical (unpaired) electrons. The smallest absolute Gasteiger partial charge is 0.239 e. The number of methoxy groups -OCH3 is 1. The molecule has 0 aromatic carbocycles. The highest BCUT2D eigenvalue weighted by Gasteiger charge is 2.03. The van der Waals surface area contributed by atoms with E-state index < -0.39 is 0 Å². The Labute approximate surface area is 114 Å². The van der Waals surface area contributed by atoms with Crippen molar-refractivity contribution in [2.45, 2.75) is 13.3 Å². The molecule has 0 saturated carbocycles. The zero-order valence-electron chi connectivity index (χ0n) is 11.6. The Kier molecular flexibility index (Phi) is 7.69. The zero-order chi connectivity index (χ0) is 13.9. The molecule has 1 aromatic heterocycles. The van der Waals surface area contributed by atoms with Gasteiger partial charge < -0.3 is 25.3 Å². The van der Waals surface area contributed by atoms with Crippen molar-refractivity contribution < 1.29 is 14.2 Å². The maximum atomic E-state index is 5.75. The lowest BCUT2D eigenvalue weighted by atomic mass is 10.4. The molecular weight excluding hydrogens is 246 g/mol. The molecule has 0 aliphatic rings. The van der Waals surface area contributed by atoms with Crippen molar-refractivity contribution in [3.8, 4) is 5.88 Å². The lowest BCUT2D eigenvalue weighted by Gasteiger charge is -2.10. The van der Waals surface area contributed by atoms with Crippen molar-refractivity contribution in [1.82, 2.24) is 4.98 Å². The molecule has 1 heterocycles. The summed E-state index contributed by atoms with van der Waals surface area (Å²) in [7, 11) is 1.66. The van der Waals surface area contributed by atoms with Crippen LogP contribution in [-0.2, 0) is 9.47 Å². The van der Waals surface area contributed by atoms with Gasteiger partial charge in [-0.25, -0.2) is 0 Å². The summed E-state index contributed by atoms with van der Waals surface area (Å²) < 4.78 is 15.6. The average molecular weight is 269 g/mol. The predicted octanol–water partition coefficient (Wildman–Crippen LogP) is 1.53. The molecule has 0 saturated heterocycles. The van der Waals surface area contributed by atoms with E-state index in [-0.39, 0.29) is 0 Å². The number of hydrogen-bond acceptors (Lipinski definition) is 6. The summed E-state index contributed by atoms with van der Waals surface area (Å²) in [6.45, 7) is 5.20.